The highest BCUT2D eigenvalue weighted by Gasteiger charge is 2.38. The molecule has 1 aliphatic rings. The number of aromatic nitrogens is 5. The maximum atomic E-state index is 13.4. The van der Waals surface area contributed by atoms with Crippen molar-refractivity contribution in [2.45, 2.75) is 12.5 Å². The number of fused-ring (bicyclic) bond motifs is 2. The molecule has 1 aliphatic heterocycles. The van der Waals surface area contributed by atoms with Crippen LogP contribution in [-0.4, -0.2) is 42.5 Å². The Kier molecular flexibility index (Phi) is 3.92. The van der Waals surface area contributed by atoms with Gasteiger partial charge in [0.2, 0.25) is 0 Å². The zero-order chi connectivity index (χ0) is 20.8. The quantitative estimate of drug-likeness (QED) is 0.483. The van der Waals surface area contributed by atoms with Gasteiger partial charge in [0.05, 0.1) is 12.0 Å². The molecule has 1 atom stereocenters. The fraction of sp³-hybridized carbons (Fsp3) is 0.136. The van der Waals surface area contributed by atoms with Crippen molar-refractivity contribution in [2.24, 2.45) is 0 Å². The Hall–Kier alpha value is -4.27. The van der Waals surface area contributed by atoms with Crippen molar-refractivity contribution >= 4 is 16.9 Å². The molecule has 1 amide bonds. The van der Waals surface area contributed by atoms with Gasteiger partial charge in [0.15, 0.2) is 0 Å². The molecule has 0 spiro atoms. The fourth-order valence-electron chi connectivity index (χ4n) is 3.95. The van der Waals surface area contributed by atoms with Crippen LogP contribution in [0.3, 0.4) is 0 Å². The van der Waals surface area contributed by atoms with Crippen LogP contribution in [0.4, 0.5) is 0 Å². The van der Waals surface area contributed by atoms with Crippen LogP contribution in [0, 0.1) is 0 Å². The number of pyridine rings is 1. The normalized spacial score (nSPS) is 15.9. The van der Waals surface area contributed by atoms with Gasteiger partial charge in [-0.3, -0.25) is 9.78 Å². The number of benzene rings is 1. The van der Waals surface area contributed by atoms with Crippen molar-refractivity contribution < 1.29 is 13.6 Å². The van der Waals surface area contributed by atoms with Gasteiger partial charge in [0.1, 0.15) is 23.1 Å². The average molecular weight is 412 g/mol. The van der Waals surface area contributed by atoms with E-state index in [2.05, 4.69) is 25.1 Å². The highest BCUT2D eigenvalue weighted by molar-refractivity contribution is 5.90. The monoisotopic (exact) mass is 412 g/mol. The van der Waals surface area contributed by atoms with Crippen molar-refractivity contribution in [3.05, 3.63) is 84.1 Å². The molecule has 0 aliphatic carbocycles. The summed E-state index contributed by atoms with van der Waals surface area (Å²) < 4.78 is 11.8. The van der Waals surface area contributed by atoms with Crippen molar-refractivity contribution in [3.63, 3.8) is 0 Å². The average Bonchev–Trinajstić information content (AvgIpc) is 3.57. The molecule has 4 aromatic heterocycles. The van der Waals surface area contributed by atoms with E-state index in [0.717, 1.165) is 22.4 Å². The number of hydrogen-bond acceptors (Lipinski definition) is 7. The minimum absolute atomic E-state index is 0.0965. The second kappa shape index (κ2) is 6.91. The number of nitrogens with zero attached hydrogens (tertiary/aromatic N) is 5. The molecule has 0 unspecified atom stereocenters. The van der Waals surface area contributed by atoms with Gasteiger partial charge in [-0.2, -0.15) is 0 Å². The van der Waals surface area contributed by atoms with Crippen molar-refractivity contribution in [2.75, 3.05) is 6.54 Å². The molecule has 6 rings (SSSR count). The summed E-state index contributed by atoms with van der Waals surface area (Å²) in [7, 11) is 0. The molecule has 0 radical (unpaired) electrons. The van der Waals surface area contributed by atoms with Crippen LogP contribution in [0.15, 0.2) is 69.9 Å². The lowest BCUT2D eigenvalue weighted by molar-refractivity contribution is 0.0632. The third kappa shape index (κ3) is 2.90. The number of furan rings is 1. The van der Waals surface area contributed by atoms with Gasteiger partial charge in [-0.05, 0) is 24.3 Å². The Morgan fingerprint density at radius 1 is 1.06 bits per heavy atom. The van der Waals surface area contributed by atoms with Crippen LogP contribution in [0.5, 0.6) is 0 Å². The van der Waals surface area contributed by atoms with Gasteiger partial charge in [0, 0.05) is 30.2 Å². The van der Waals surface area contributed by atoms with Crippen LogP contribution in [0.1, 0.15) is 33.9 Å². The van der Waals surface area contributed by atoms with E-state index < -0.39 is 6.04 Å². The number of hydrogen-bond donors (Lipinski definition) is 1. The molecule has 0 fully saturated rings. The number of H-pyrrole nitrogens is 1. The minimum Gasteiger partial charge on any atom is -0.458 e. The van der Waals surface area contributed by atoms with Gasteiger partial charge in [-0.15, -0.1) is 10.2 Å². The van der Waals surface area contributed by atoms with Gasteiger partial charge in [0.25, 0.3) is 5.89 Å². The second-order valence-electron chi connectivity index (χ2n) is 7.23. The molecule has 9 nitrogen and oxygen atoms in total. The van der Waals surface area contributed by atoms with Crippen molar-refractivity contribution in [3.8, 4) is 11.6 Å². The number of rotatable bonds is 3. The predicted molar refractivity (Wildman–Crippen MR) is 109 cm³/mol. The summed E-state index contributed by atoms with van der Waals surface area (Å²) in [5.41, 5.74) is 3.00. The molecule has 5 heterocycles. The third-order valence-corrected chi connectivity index (χ3v) is 5.39. The zero-order valence-corrected chi connectivity index (χ0v) is 16.2. The van der Waals surface area contributed by atoms with E-state index in [9.17, 15) is 4.79 Å². The molecule has 31 heavy (non-hydrogen) atoms. The topological polar surface area (TPSA) is 114 Å². The molecule has 0 saturated carbocycles. The van der Waals surface area contributed by atoms with Crippen LogP contribution >= 0.6 is 0 Å². The summed E-state index contributed by atoms with van der Waals surface area (Å²) in [5.74, 6) is 0.350. The van der Waals surface area contributed by atoms with Crippen LogP contribution < -0.4 is 0 Å². The lowest BCUT2D eigenvalue weighted by atomic mass is 10.00. The summed E-state index contributed by atoms with van der Waals surface area (Å²) >= 11 is 0. The SMILES string of the molecule is O=C(c1nnc(-c2ccccn2)o1)N1CCc2[nH]cnc2[C@H]1c1cc2ccccc2o1. The standard InChI is InChI=1S/C22H16N6O3/c29-22(21-27-26-20(31-21)15-6-3-4-9-23-15)28-10-8-14-18(25-12-24-14)19(28)17-11-13-5-1-2-7-16(13)30-17/h1-7,9,11-12,19H,8,10H2,(H,24,25)/t19-/m1/s1. The summed E-state index contributed by atoms with van der Waals surface area (Å²) in [5, 5.41) is 8.93. The van der Waals surface area contributed by atoms with Crippen LogP contribution in [-0.2, 0) is 6.42 Å². The third-order valence-electron chi connectivity index (χ3n) is 5.39. The number of carbonyl (C=O) groups is 1. The summed E-state index contributed by atoms with van der Waals surface area (Å²) in [4.78, 5) is 26.9. The number of amides is 1. The number of nitrogens with one attached hydrogen (secondary N) is 1. The van der Waals surface area contributed by atoms with Gasteiger partial charge in [-0.25, -0.2) is 4.98 Å². The van der Waals surface area contributed by atoms with E-state index in [1.165, 1.54) is 0 Å². The smallest absolute Gasteiger partial charge is 0.312 e. The highest BCUT2D eigenvalue weighted by Crippen LogP contribution is 2.37. The first-order valence-electron chi connectivity index (χ1n) is 9.84. The van der Waals surface area contributed by atoms with Gasteiger partial charge >= 0.3 is 11.8 Å². The van der Waals surface area contributed by atoms with E-state index in [1.54, 1.807) is 29.6 Å². The van der Waals surface area contributed by atoms with E-state index in [-0.39, 0.29) is 17.7 Å². The first-order chi connectivity index (χ1) is 15.3. The van der Waals surface area contributed by atoms with Crippen LogP contribution in [0.25, 0.3) is 22.6 Å². The maximum Gasteiger partial charge on any atom is 0.312 e. The number of imidazole rings is 1. The zero-order valence-electron chi connectivity index (χ0n) is 16.2. The lowest BCUT2D eigenvalue weighted by Gasteiger charge is -2.32. The van der Waals surface area contributed by atoms with E-state index in [4.69, 9.17) is 8.83 Å². The molecule has 0 bridgehead atoms. The Balaban J connectivity index is 1.40. The van der Waals surface area contributed by atoms with Crippen molar-refractivity contribution in [1.29, 1.82) is 0 Å². The van der Waals surface area contributed by atoms with Gasteiger partial charge in [-0.1, -0.05) is 24.3 Å². The Bertz CT molecular complexity index is 1350. The Morgan fingerprint density at radius 3 is 2.84 bits per heavy atom. The second-order valence-corrected chi connectivity index (χ2v) is 7.23. The highest BCUT2D eigenvalue weighted by atomic mass is 16.4. The van der Waals surface area contributed by atoms with Crippen molar-refractivity contribution in [1.82, 2.24) is 30.0 Å². The molecule has 9 heteroatoms. The number of carbonyl (C=O) groups excluding carboxylic acids is 1. The summed E-state index contributed by atoms with van der Waals surface area (Å²) in [6.07, 6.45) is 3.90. The first kappa shape index (κ1) is 17.6. The maximum absolute atomic E-state index is 13.4. The minimum atomic E-state index is -0.500. The van der Waals surface area contributed by atoms with Crippen LogP contribution in [0.2, 0.25) is 0 Å². The van der Waals surface area contributed by atoms with E-state index in [0.29, 0.717) is 24.4 Å². The van der Waals surface area contributed by atoms with E-state index in [1.807, 2.05) is 36.4 Å². The largest absolute Gasteiger partial charge is 0.458 e. The van der Waals surface area contributed by atoms with E-state index >= 15 is 0 Å². The molecule has 1 aromatic carbocycles. The molecular weight excluding hydrogens is 396 g/mol. The summed E-state index contributed by atoms with van der Waals surface area (Å²) in [6, 6.07) is 14.5. The Morgan fingerprint density at radius 2 is 1.97 bits per heavy atom. The summed E-state index contributed by atoms with van der Waals surface area (Å²) in [6.45, 7) is 0.455. The fourth-order valence-corrected chi connectivity index (χ4v) is 3.95. The molecule has 152 valence electrons. The van der Waals surface area contributed by atoms with Gasteiger partial charge < -0.3 is 18.7 Å². The first-order valence-corrected chi connectivity index (χ1v) is 9.84. The molecule has 5 aromatic rings. The number of para-hydroxylation sites is 1. The number of aromatic amines is 1. The Labute approximate surface area is 175 Å². The molecule has 1 N–H and O–H groups in total. The predicted octanol–water partition coefficient (Wildman–Crippen LogP) is 3.39. The molecule has 0 saturated heterocycles. The lowest BCUT2D eigenvalue weighted by Crippen LogP contribution is -2.40. The molecular formula is C22H16N6O3.